The van der Waals surface area contributed by atoms with Crippen LogP contribution in [0.4, 0.5) is 4.79 Å². The summed E-state index contributed by atoms with van der Waals surface area (Å²) in [6.07, 6.45) is 0.622. The van der Waals surface area contributed by atoms with Crippen molar-refractivity contribution in [3.63, 3.8) is 0 Å². The van der Waals surface area contributed by atoms with Crippen LogP contribution in [0.1, 0.15) is 54.4 Å². The van der Waals surface area contributed by atoms with Crippen molar-refractivity contribution >= 4 is 23.8 Å². The Kier molecular flexibility index (Phi) is 7.62. The molecule has 1 rings (SSSR count). The molecule has 0 aliphatic carbocycles. The Balaban J connectivity index is 2.81. The van der Waals surface area contributed by atoms with Crippen LogP contribution in [0.5, 0.6) is 0 Å². The van der Waals surface area contributed by atoms with Crippen molar-refractivity contribution in [2.24, 2.45) is 11.7 Å². The van der Waals surface area contributed by atoms with Crippen LogP contribution in [0.3, 0.4) is 0 Å². The highest BCUT2D eigenvalue weighted by atomic mass is 16.6. The van der Waals surface area contributed by atoms with Crippen molar-refractivity contribution in [1.29, 1.82) is 0 Å². The summed E-state index contributed by atoms with van der Waals surface area (Å²) in [6.45, 7) is 10.7. The third kappa shape index (κ3) is 6.73. The summed E-state index contributed by atoms with van der Waals surface area (Å²) in [6, 6.07) is -2.39. The molecule has 0 spiro atoms. The fourth-order valence-electron chi connectivity index (χ4n) is 2.74. The van der Waals surface area contributed by atoms with Gasteiger partial charge in [-0.05, 0) is 46.5 Å². The number of rotatable bonds is 6. The van der Waals surface area contributed by atoms with Gasteiger partial charge in [0.15, 0.2) is 0 Å². The summed E-state index contributed by atoms with van der Waals surface area (Å²) in [7, 11) is 0. The molecular weight excluding hydrogens is 352 g/mol. The first-order valence-electron chi connectivity index (χ1n) is 9.23. The summed E-state index contributed by atoms with van der Waals surface area (Å²) < 4.78 is 5.36. The Hall–Kier alpha value is -2.32. The van der Waals surface area contributed by atoms with Gasteiger partial charge in [-0.2, -0.15) is 0 Å². The maximum absolute atomic E-state index is 12.7. The standard InChI is InChI=1S/C18H32N4O5/c1-10(2)13(16(25)20-11(3)14(19)23)21-15(24)12-8-7-9-22(12)17(26)27-18(4,5)6/h10-13H,7-9H2,1-6H3,(H2,19,23)(H,20,25)(H,21,24)/t11-,12-,13-/m0/s1. The number of amides is 4. The quantitative estimate of drug-likeness (QED) is 0.614. The zero-order chi connectivity index (χ0) is 20.9. The molecular formula is C18H32N4O5. The van der Waals surface area contributed by atoms with Crippen LogP contribution in [0.2, 0.25) is 0 Å². The average Bonchev–Trinajstić information content (AvgIpc) is 2.99. The molecule has 9 nitrogen and oxygen atoms in total. The van der Waals surface area contributed by atoms with Gasteiger partial charge in [0.1, 0.15) is 23.7 Å². The van der Waals surface area contributed by atoms with Crippen molar-refractivity contribution in [3.8, 4) is 0 Å². The largest absolute Gasteiger partial charge is 0.444 e. The van der Waals surface area contributed by atoms with E-state index < -0.39 is 47.5 Å². The van der Waals surface area contributed by atoms with Crippen molar-refractivity contribution < 1.29 is 23.9 Å². The molecule has 4 amide bonds. The maximum Gasteiger partial charge on any atom is 0.410 e. The predicted molar refractivity (Wildman–Crippen MR) is 99.5 cm³/mol. The topological polar surface area (TPSA) is 131 Å². The fourth-order valence-corrected chi connectivity index (χ4v) is 2.74. The van der Waals surface area contributed by atoms with Crippen molar-refractivity contribution in [1.82, 2.24) is 15.5 Å². The van der Waals surface area contributed by atoms with E-state index in [2.05, 4.69) is 10.6 Å². The SMILES string of the molecule is CC(C)[C@H](NC(=O)[C@@H]1CCCN1C(=O)OC(C)(C)C)C(=O)N[C@@H](C)C(N)=O. The minimum Gasteiger partial charge on any atom is -0.444 e. The third-order valence-corrected chi connectivity index (χ3v) is 4.22. The lowest BCUT2D eigenvalue weighted by Gasteiger charge is -2.30. The van der Waals surface area contributed by atoms with E-state index in [0.717, 1.165) is 0 Å². The summed E-state index contributed by atoms with van der Waals surface area (Å²) >= 11 is 0. The summed E-state index contributed by atoms with van der Waals surface area (Å²) in [5.74, 6) is -1.79. The van der Waals surface area contributed by atoms with E-state index in [1.165, 1.54) is 11.8 Å². The molecule has 27 heavy (non-hydrogen) atoms. The molecule has 0 unspecified atom stereocenters. The van der Waals surface area contributed by atoms with E-state index in [0.29, 0.717) is 19.4 Å². The van der Waals surface area contributed by atoms with Gasteiger partial charge in [-0.25, -0.2) is 4.79 Å². The molecule has 9 heteroatoms. The van der Waals surface area contributed by atoms with Crippen LogP contribution >= 0.6 is 0 Å². The van der Waals surface area contributed by atoms with Gasteiger partial charge in [-0.3, -0.25) is 19.3 Å². The first-order chi connectivity index (χ1) is 12.3. The van der Waals surface area contributed by atoms with Gasteiger partial charge in [0, 0.05) is 6.54 Å². The normalized spacial score (nSPS) is 19.4. The molecule has 1 aliphatic rings. The molecule has 0 radical (unpaired) electrons. The number of nitrogens with zero attached hydrogens (tertiary/aromatic N) is 1. The van der Waals surface area contributed by atoms with Crippen LogP contribution in [-0.2, 0) is 19.1 Å². The first kappa shape index (κ1) is 22.7. The van der Waals surface area contributed by atoms with Crippen molar-refractivity contribution in [3.05, 3.63) is 0 Å². The summed E-state index contributed by atoms with van der Waals surface area (Å²) in [4.78, 5) is 50.0. The highest BCUT2D eigenvalue weighted by Gasteiger charge is 2.38. The average molecular weight is 384 g/mol. The Bertz CT molecular complexity index is 585. The van der Waals surface area contributed by atoms with Gasteiger partial charge >= 0.3 is 6.09 Å². The number of nitrogens with one attached hydrogen (secondary N) is 2. The van der Waals surface area contributed by atoms with E-state index in [4.69, 9.17) is 10.5 Å². The molecule has 0 saturated carbocycles. The molecule has 1 fully saturated rings. The third-order valence-electron chi connectivity index (χ3n) is 4.22. The van der Waals surface area contributed by atoms with Crippen LogP contribution in [-0.4, -0.2) is 59.0 Å². The number of hydrogen-bond donors (Lipinski definition) is 3. The Labute approximate surface area is 160 Å². The Morgan fingerprint density at radius 2 is 1.70 bits per heavy atom. The molecule has 0 bridgehead atoms. The molecule has 0 aromatic rings. The second-order valence-corrected chi connectivity index (χ2v) is 8.19. The van der Waals surface area contributed by atoms with E-state index in [9.17, 15) is 19.2 Å². The highest BCUT2D eigenvalue weighted by molar-refractivity contribution is 5.93. The highest BCUT2D eigenvalue weighted by Crippen LogP contribution is 2.21. The Morgan fingerprint density at radius 3 is 2.19 bits per heavy atom. The Morgan fingerprint density at radius 1 is 1.11 bits per heavy atom. The minimum atomic E-state index is -0.847. The van der Waals surface area contributed by atoms with Gasteiger partial charge in [-0.15, -0.1) is 0 Å². The molecule has 4 N–H and O–H groups in total. The van der Waals surface area contributed by atoms with Gasteiger partial charge in [0.25, 0.3) is 0 Å². The summed E-state index contributed by atoms with van der Waals surface area (Å²) in [5.41, 5.74) is 4.50. The molecule has 0 aromatic carbocycles. The number of ether oxygens (including phenoxy) is 1. The zero-order valence-corrected chi connectivity index (χ0v) is 17.0. The molecule has 3 atom stereocenters. The van der Waals surface area contributed by atoms with E-state index in [-0.39, 0.29) is 5.92 Å². The van der Waals surface area contributed by atoms with Crippen LogP contribution in [0, 0.1) is 5.92 Å². The van der Waals surface area contributed by atoms with Gasteiger partial charge in [0.05, 0.1) is 0 Å². The smallest absolute Gasteiger partial charge is 0.410 e. The van der Waals surface area contributed by atoms with Gasteiger partial charge in [-0.1, -0.05) is 13.8 Å². The number of nitrogens with two attached hydrogens (primary N) is 1. The first-order valence-corrected chi connectivity index (χ1v) is 9.23. The van der Waals surface area contributed by atoms with Crippen LogP contribution in [0.25, 0.3) is 0 Å². The molecule has 1 heterocycles. The monoisotopic (exact) mass is 384 g/mol. The van der Waals surface area contributed by atoms with E-state index in [1.807, 2.05) is 0 Å². The van der Waals surface area contributed by atoms with Crippen molar-refractivity contribution in [2.45, 2.75) is 78.1 Å². The lowest BCUT2D eigenvalue weighted by molar-refractivity contribution is -0.133. The lowest BCUT2D eigenvalue weighted by Crippen LogP contribution is -2.57. The second-order valence-electron chi connectivity index (χ2n) is 8.19. The molecule has 1 aliphatic heterocycles. The predicted octanol–water partition coefficient (Wildman–Crippen LogP) is 0.517. The molecule has 154 valence electrons. The molecule has 1 saturated heterocycles. The fraction of sp³-hybridized carbons (Fsp3) is 0.778. The number of hydrogen-bond acceptors (Lipinski definition) is 5. The number of primary amides is 1. The zero-order valence-electron chi connectivity index (χ0n) is 17.0. The van der Waals surface area contributed by atoms with E-state index >= 15 is 0 Å². The minimum absolute atomic E-state index is 0.217. The van der Waals surface area contributed by atoms with Crippen LogP contribution in [0.15, 0.2) is 0 Å². The van der Waals surface area contributed by atoms with Crippen molar-refractivity contribution in [2.75, 3.05) is 6.54 Å². The number of carbonyl (C=O) groups excluding carboxylic acids is 4. The number of carbonyl (C=O) groups is 4. The van der Waals surface area contributed by atoms with Crippen LogP contribution < -0.4 is 16.4 Å². The number of likely N-dealkylation sites (tertiary alicyclic amines) is 1. The lowest BCUT2D eigenvalue weighted by atomic mass is 10.0. The summed E-state index contributed by atoms with van der Waals surface area (Å²) in [5, 5.41) is 5.19. The van der Waals surface area contributed by atoms with Gasteiger partial charge < -0.3 is 21.1 Å². The maximum atomic E-state index is 12.7. The van der Waals surface area contributed by atoms with Gasteiger partial charge in [0.2, 0.25) is 17.7 Å². The second kappa shape index (κ2) is 9.05. The van der Waals surface area contributed by atoms with E-state index in [1.54, 1.807) is 34.6 Å². The molecule has 0 aromatic heterocycles.